The minimum atomic E-state index is 0.591. The average molecular weight is 274 g/mol. The summed E-state index contributed by atoms with van der Waals surface area (Å²) in [6.45, 7) is 3.88. The summed E-state index contributed by atoms with van der Waals surface area (Å²) in [7, 11) is 0. The highest BCUT2D eigenvalue weighted by Crippen LogP contribution is 2.32. The van der Waals surface area contributed by atoms with E-state index in [0.717, 1.165) is 17.0 Å². The molecule has 3 aromatic rings. The highest BCUT2D eigenvalue weighted by atomic mass is 35.5. The number of halogens is 1. The van der Waals surface area contributed by atoms with Crippen LogP contribution >= 0.6 is 11.6 Å². The largest absolute Gasteiger partial charge is 0.342 e. The highest BCUT2D eigenvalue weighted by Gasteiger charge is 2.17. The number of nitrogens with one attached hydrogen (secondary N) is 2. The predicted octanol–water partition coefficient (Wildman–Crippen LogP) is 3.13. The number of nitrogens with zero attached hydrogens (tertiary/aromatic N) is 3. The molecule has 0 amide bonds. The third-order valence-corrected chi connectivity index (χ3v) is 3.08. The molecule has 96 valence electrons. The van der Waals surface area contributed by atoms with Gasteiger partial charge in [-0.25, -0.2) is 9.97 Å². The number of hydrogen-bond acceptors (Lipinski definition) is 3. The zero-order valence-corrected chi connectivity index (χ0v) is 11.3. The molecule has 0 unspecified atom stereocenters. The van der Waals surface area contributed by atoms with Crippen LogP contribution < -0.4 is 0 Å². The van der Waals surface area contributed by atoms with Gasteiger partial charge in [-0.15, -0.1) is 0 Å². The Labute approximate surface area is 115 Å². The zero-order valence-electron chi connectivity index (χ0n) is 10.5. The first-order chi connectivity index (χ1) is 9.15. The monoisotopic (exact) mass is 273 g/mol. The number of rotatable bonds is 2. The second-order valence-corrected chi connectivity index (χ2v) is 4.75. The molecule has 5 nitrogen and oxygen atoms in total. The van der Waals surface area contributed by atoms with E-state index in [2.05, 4.69) is 24.9 Å². The van der Waals surface area contributed by atoms with E-state index < -0.39 is 0 Å². The molecule has 0 aliphatic carbocycles. The van der Waals surface area contributed by atoms with Crippen molar-refractivity contribution >= 4 is 11.6 Å². The van der Waals surface area contributed by atoms with Gasteiger partial charge in [0.15, 0.2) is 5.82 Å². The van der Waals surface area contributed by atoms with Crippen molar-refractivity contribution in [1.29, 1.82) is 0 Å². The Balaban J connectivity index is 2.23. The number of aromatic amines is 2. The van der Waals surface area contributed by atoms with E-state index in [1.54, 1.807) is 24.7 Å². The number of aryl methyl sites for hydroxylation is 2. The normalized spacial score (nSPS) is 10.9. The molecule has 0 saturated carbocycles. The molecule has 0 fully saturated rings. The number of aromatic nitrogens is 5. The summed E-state index contributed by atoms with van der Waals surface area (Å²) in [5.41, 5.74) is 3.39. The Bertz CT molecular complexity index is 728. The van der Waals surface area contributed by atoms with Crippen LogP contribution in [0, 0.1) is 13.8 Å². The van der Waals surface area contributed by atoms with Crippen LogP contribution in [-0.4, -0.2) is 24.9 Å². The lowest BCUT2D eigenvalue weighted by molar-refractivity contribution is 1.18. The summed E-state index contributed by atoms with van der Waals surface area (Å²) in [6.07, 6.45) is 5.18. The molecular weight excluding hydrogens is 262 g/mol. The number of pyridine rings is 1. The van der Waals surface area contributed by atoms with Crippen molar-refractivity contribution in [1.82, 2.24) is 24.9 Å². The van der Waals surface area contributed by atoms with E-state index in [4.69, 9.17) is 11.6 Å². The number of H-pyrrole nitrogens is 2. The fourth-order valence-corrected chi connectivity index (χ4v) is 2.15. The van der Waals surface area contributed by atoms with Crippen molar-refractivity contribution in [2.45, 2.75) is 13.8 Å². The van der Waals surface area contributed by atoms with Crippen LogP contribution in [0.2, 0.25) is 5.02 Å². The van der Waals surface area contributed by atoms with Gasteiger partial charge in [-0.05, 0) is 19.9 Å². The van der Waals surface area contributed by atoms with Gasteiger partial charge in [0.1, 0.15) is 11.5 Å². The first-order valence-corrected chi connectivity index (χ1v) is 6.21. The van der Waals surface area contributed by atoms with Gasteiger partial charge in [-0.3, -0.25) is 4.98 Å². The highest BCUT2D eigenvalue weighted by molar-refractivity contribution is 6.33. The summed E-state index contributed by atoms with van der Waals surface area (Å²) in [5.74, 6) is 1.38. The molecule has 3 heterocycles. The second kappa shape index (κ2) is 4.51. The maximum absolute atomic E-state index is 6.29. The third-order valence-electron chi connectivity index (χ3n) is 2.77. The Kier molecular flexibility index (Phi) is 2.83. The van der Waals surface area contributed by atoms with Crippen molar-refractivity contribution in [2.24, 2.45) is 0 Å². The van der Waals surface area contributed by atoms with Gasteiger partial charge in [-0.2, -0.15) is 0 Å². The van der Waals surface area contributed by atoms with Crippen LogP contribution in [0.4, 0.5) is 0 Å². The molecule has 0 radical (unpaired) electrons. The number of imidazole rings is 2. The molecule has 0 aliphatic heterocycles. The van der Waals surface area contributed by atoms with Gasteiger partial charge in [-0.1, -0.05) is 11.6 Å². The molecule has 19 heavy (non-hydrogen) atoms. The Morgan fingerprint density at radius 3 is 2.16 bits per heavy atom. The molecule has 0 aliphatic rings. The molecular formula is C13H12ClN5. The van der Waals surface area contributed by atoms with Crippen LogP contribution in [0.5, 0.6) is 0 Å². The molecule has 0 atom stereocenters. The SMILES string of the molecule is Cc1cnc(-c2nccc(Cl)c2-c2ncc(C)[nH]2)[nH]1. The number of hydrogen-bond donors (Lipinski definition) is 2. The van der Waals surface area contributed by atoms with Gasteiger partial charge in [0.2, 0.25) is 0 Å². The van der Waals surface area contributed by atoms with E-state index in [1.807, 2.05) is 13.8 Å². The molecule has 2 N–H and O–H groups in total. The summed E-state index contributed by atoms with van der Waals surface area (Å²) in [6, 6.07) is 1.74. The summed E-state index contributed by atoms with van der Waals surface area (Å²) < 4.78 is 0. The molecule has 0 saturated heterocycles. The van der Waals surface area contributed by atoms with Gasteiger partial charge >= 0.3 is 0 Å². The van der Waals surface area contributed by atoms with E-state index in [0.29, 0.717) is 22.4 Å². The molecule has 0 aromatic carbocycles. The van der Waals surface area contributed by atoms with Crippen molar-refractivity contribution in [3.8, 4) is 22.9 Å². The van der Waals surface area contributed by atoms with Crippen LogP contribution in [0.3, 0.4) is 0 Å². The van der Waals surface area contributed by atoms with Gasteiger partial charge in [0, 0.05) is 30.0 Å². The Morgan fingerprint density at radius 2 is 1.58 bits per heavy atom. The first kappa shape index (κ1) is 11.9. The lowest BCUT2D eigenvalue weighted by Gasteiger charge is -2.06. The van der Waals surface area contributed by atoms with Crippen molar-refractivity contribution in [3.05, 3.63) is 41.1 Å². The van der Waals surface area contributed by atoms with E-state index in [1.165, 1.54) is 0 Å². The molecule has 0 spiro atoms. The Hall–Kier alpha value is -2.14. The summed E-state index contributed by atoms with van der Waals surface area (Å²) in [5, 5.41) is 0.591. The lowest BCUT2D eigenvalue weighted by atomic mass is 10.1. The van der Waals surface area contributed by atoms with Crippen molar-refractivity contribution in [3.63, 3.8) is 0 Å². The van der Waals surface area contributed by atoms with Gasteiger partial charge < -0.3 is 9.97 Å². The fraction of sp³-hybridized carbons (Fsp3) is 0.154. The van der Waals surface area contributed by atoms with E-state index >= 15 is 0 Å². The second-order valence-electron chi connectivity index (χ2n) is 4.35. The van der Waals surface area contributed by atoms with Gasteiger partial charge in [0.05, 0.1) is 10.6 Å². The topological polar surface area (TPSA) is 70.2 Å². The standard InChI is InChI=1S/C13H12ClN5/c1-7-5-16-12(18-7)10-9(14)3-4-15-11(10)13-17-6-8(2)19-13/h3-6H,1-2H3,(H,16,18)(H,17,19). The van der Waals surface area contributed by atoms with Crippen molar-refractivity contribution < 1.29 is 0 Å². The predicted molar refractivity (Wildman–Crippen MR) is 73.9 cm³/mol. The van der Waals surface area contributed by atoms with Crippen LogP contribution in [0.1, 0.15) is 11.4 Å². The van der Waals surface area contributed by atoms with Crippen molar-refractivity contribution in [2.75, 3.05) is 0 Å². The smallest absolute Gasteiger partial charge is 0.157 e. The molecule has 6 heteroatoms. The van der Waals surface area contributed by atoms with Crippen LogP contribution in [-0.2, 0) is 0 Å². The van der Waals surface area contributed by atoms with Gasteiger partial charge in [0.25, 0.3) is 0 Å². The molecule has 3 aromatic heterocycles. The summed E-state index contributed by atoms with van der Waals surface area (Å²) in [4.78, 5) is 19.3. The first-order valence-electron chi connectivity index (χ1n) is 5.83. The maximum atomic E-state index is 6.29. The fourth-order valence-electron chi connectivity index (χ4n) is 1.92. The summed E-state index contributed by atoms with van der Waals surface area (Å²) >= 11 is 6.29. The van der Waals surface area contributed by atoms with E-state index in [9.17, 15) is 0 Å². The lowest BCUT2D eigenvalue weighted by Crippen LogP contribution is -1.93. The Morgan fingerprint density at radius 1 is 0.947 bits per heavy atom. The molecule has 3 rings (SSSR count). The zero-order chi connectivity index (χ0) is 13.4. The third kappa shape index (κ3) is 2.13. The quantitative estimate of drug-likeness (QED) is 0.753. The average Bonchev–Trinajstić information content (AvgIpc) is 2.98. The maximum Gasteiger partial charge on any atom is 0.157 e. The van der Waals surface area contributed by atoms with E-state index in [-0.39, 0.29) is 0 Å². The minimum Gasteiger partial charge on any atom is -0.342 e. The molecule has 0 bridgehead atoms. The van der Waals surface area contributed by atoms with Crippen LogP contribution in [0.15, 0.2) is 24.7 Å². The van der Waals surface area contributed by atoms with Crippen LogP contribution in [0.25, 0.3) is 22.9 Å². The minimum absolute atomic E-state index is 0.591.